The zero-order chi connectivity index (χ0) is 11.6. The summed E-state index contributed by atoms with van der Waals surface area (Å²) >= 11 is 0. The molecule has 0 amide bonds. The van der Waals surface area contributed by atoms with Crippen molar-refractivity contribution in [2.45, 2.75) is 19.3 Å². The van der Waals surface area contributed by atoms with Crippen molar-refractivity contribution >= 4 is 5.69 Å². The van der Waals surface area contributed by atoms with E-state index >= 15 is 0 Å². The van der Waals surface area contributed by atoms with E-state index in [0.717, 1.165) is 32.4 Å². The van der Waals surface area contributed by atoms with Crippen molar-refractivity contribution in [3.05, 3.63) is 29.8 Å². The summed E-state index contributed by atoms with van der Waals surface area (Å²) in [6.07, 6.45) is 2.78. The summed E-state index contributed by atoms with van der Waals surface area (Å²) in [5.74, 6) is 0. The Balaban J connectivity index is 2.43. The molecule has 0 spiro atoms. The zero-order valence-corrected chi connectivity index (χ0v) is 9.91. The van der Waals surface area contributed by atoms with Gasteiger partial charge in [0.05, 0.1) is 6.61 Å². The average Bonchev–Trinajstić information content (AvgIpc) is 2.33. The largest absolute Gasteiger partial charge is 0.396 e. The molecule has 3 heteroatoms. The zero-order valence-electron chi connectivity index (χ0n) is 9.91. The Morgan fingerprint density at radius 2 is 2.06 bits per heavy atom. The molecule has 3 nitrogen and oxygen atoms in total. The van der Waals surface area contributed by atoms with E-state index in [9.17, 15) is 0 Å². The van der Waals surface area contributed by atoms with Crippen LogP contribution in [0.1, 0.15) is 18.4 Å². The van der Waals surface area contributed by atoms with Gasteiger partial charge in [-0.2, -0.15) is 0 Å². The van der Waals surface area contributed by atoms with Gasteiger partial charge in [0.2, 0.25) is 0 Å². The molecule has 0 unspecified atom stereocenters. The smallest absolute Gasteiger partial charge is 0.0503 e. The number of aliphatic hydroxyl groups excluding tert-OH is 1. The van der Waals surface area contributed by atoms with E-state index in [-0.39, 0.29) is 6.61 Å². The Labute approximate surface area is 97.4 Å². The number of hydrogen-bond acceptors (Lipinski definition) is 3. The van der Waals surface area contributed by atoms with Gasteiger partial charge in [0.1, 0.15) is 0 Å². The molecular formula is C13H21NO2. The third kappa shape index (κ3) is 4.64. The molecule has 0 atom stereocenters. The molecule has 1 aromatic carbocycles. The highest BCUT2D eigenvalue weighted by atomic mass is 16.5. The van der Waals surface area contributed by atoms with E-state index in [1.807, 2.05) is 12.1 Å². The van der Waals surface area contributed by atoms with E-state index in [4.69, 9.17) is 9.84 Å². The van der Waals surface area contributed by atoms with Crippen LogP contribution in [0, 0.1) is 0 Å². The van der Waals surface area contributed by atoms with Gasteiger partial charge >= 0.3 is 0 Å². The van der Waals surface area contributed by atoms with Gasteiger partial charge < -0.3 is 15.2 Å². The van der Waals surface area contributed by atoms with Gasteiger partial charge in [-0.1, -0.05) is 18.2 Å². The summed E-state index contributed by atoms with van der Waals surface area (Å²) in [6.45, 7) is 1.92. The summed E-state index contributed by atoms with van der Waals surface area (Å²) in [6, 6.07) is 8.28. The Kier molecular flexibility index (Phi) is 6.61. The fourth-order valence-corrected chi connectivity index (χ4v) is 1.58. The molecule has 0 fully saturated rings. The van der Waals surface area contributed by atoms with Crippen molar-refractivity contribution in [1.29, 1.82) is 0 Å². The van der Waals surface area contributed by atoms with Crippen LogP contribution in [0.2, 0.25) is 0 Å². The van der Waals surface area contributed by atoms with E-state index in [1.165, 1.54) is 11.3 Å². The van der Waals surface area contributed by atoms with Gasteiger partial charge in [0, 0.05) is 25.9 Å². The Morgan fingerprint density at radius 3 is 2.81 bits per heavy atom. The number of benzene rings is 1. The lowest BCUT2D eigenvalue weighted by Gasteiger charge is -2.11. The van der Waals surface area contributed by atoms with E-state index < -0.39 is 0 Å². The second-order valence-corrected chi connectivity index (χ2v) is 3.76. The van der Waals surface area contributed by atoms with Gasteiger partial charge in [0.15, 0.2) is 0 Å². The van der Waals surface area contributed by atoms with Crippen LogP contribution in [0.4, 0.5) is 5.69 Å². The first kappa shape index (κ1) is 13.0. The van der Waals surface area contributed by atoms with Crippen LogP contribution in [0.5, 0.6) is 0 Å². The molecule has 1 rings (SSSR count). The van der Waals surface area contributed by atoms with Crippen molar-refractivity contribution in [1.82, 2.24) is 0 Å². The first-order chi connectivity index (χ1) is 7.88. The first-order valence-electron chi connectivity index (χ1n) is 5.80. The quantitative estimate of drug-likeness (QED) is 0.663. The van der Waals surface area contributed by atoms with Crippen molar-refractivity contribution < 1.29 is 9.84 Å². The Hall–Kier alpha value is -1.06. The average molecular weight is 223 g/mol. The number of para-hydroxylation sites is 1. The number of hydrogen-bond donors (Lipinski definition) is 2. The summed E-state index contributed by atoms with van der Waals surface area (Å²) in [5.41, 5.74) is 2.46. The molecule has 0 bridgehead atoms. The van der Waals surface area contributed by atoms with Crippen LogP contribution in [-0.2, 0) is 11.2 Å². The number of ether oxygens (including phenoxy) is 1. The third-order valence-corrected chi connectivity index (χ3v) is 2.49. The normalized spacial score (nSPS) is 10.4. The fourth-order valence-electron chi connectivity index (χ4n) is 1.58. The van der Waals surface area contributed by atoms with Crippen LogP contribution in [-0.4, -0.2) is 32.0 Å². The van der Waals surface area contributed by atoms with E-state index in [1.54, 1.807) is 7.11 Å². The molecule has 0 radical (unpaired) electrons. The van der Waals surface area contributed by atoms with Crippen molar-refractivity contribution in [3.8, 4) is 0 Å². The monoisotopic (exact) mass is 223 g/mol. The first-order valence-corrected chi connectivity index (χ1v) is 5.80. The van der Waals surface area contributed by atoms with E-state index in [0.29, 0.717) is 0 Å². The lowest BCUT2D eigenvalue weighted by atomic mass is 10.1. The predicted molar refractivity (Wildman–Crippen MR) is 66.8 cm³/mol. The van der Waals surface area contributed by atoms with E-state index in [2.05, 4.69) is 17.4 Å². The number of aliphatic hydroxyl groups is 1. The highest BCUT2D eigenvalue weighted by Gasteiger charge is 2.00. The Bertz CT molecular complexity index is 289. The summed E-state index contributed by atoms with van der Waals surface area (Å²) in [5, 5.41) is 12.1. The minimum absolute atomic E-state index is 0.271. The van der Waals surface area contributed by atoms with Crippen LogP contribution < -0.4 is 5.32 Å². The fraction of sp³-hybridized carbons (Fsp3) is 0.538. The molecule has 90 valence electrons. The molecule has 16 heavy (non-hydrogen) atoms. The van der Waals surface area contributed by atoms with Crippen LogP contribution in [0.3, 0.4) is 0 Å². The molecule has 0 aliphatic rings. The van der Waals surface area contributed by atoms with Gasteiger partial charge in [-0.15, -0.1) is 0 Å². The summed E-state index contributed by atoms with van der Waals surface area (Å²) in [7, 11) is 1.72. The minimum Gasteiger partial charge on any atom is -0.396 e. The maximum Gasteiger partial charge on any atom is 0.0503 e. The maximum absolute atomic E-state index is 8.69. The SMILES string of the molecule is COCCc1ccccc1NCCCCO. The highest BCUT2D eigenvalue weighted by Crippen LogP contribution is 2.15. The van der Waals surface area contributed by atoms with Crippen molar-refractivity contribution in [2.75, 3.05) is 32.2 Å². The highest BCUT2D eigenvalue weighted by molar-refractivity contribution is 5.51. The molecule has 0 saturated carbocycles. The topological polar surface area (TPSA) is 41.5 Å². The van der Waals surface area contributed by atoms with Crippen molar-refractivity contribution in [2.24, 2.45) is 0 Å². The molecule has 0 aliphatic heterocycles. The molecule has 0 aliphatic carbocycles. The van der Waals surface area contributed by atoms with Crippen LogP contribution in [0.15, 0.2) is 24.3 Å². The molecular weight excluding hydrogens is 202 g/mol. The summed E-state index contributed by atoms with van der Waals surface area (Å²) in [4.78, 5) is 0. The standard InChI is InChI=1S/C13H21NO2/c1-16-11-8-12-6-2-3-7-13(12)14-9-4-5-10-15/h2-3,6-7,14-15H,4-5,8-11H2,1H3. The number of anilines is 1. The van der Waals surface area contributed by atoms with Gasteiger partial charge in [-0.25, -0.2) is 0 Å². The second kappa shape index (κ2) is 8.13. The van der Waals surface area contributed by atoms with Crippen molar-refractivity contribution in [3.63, 3.8) is 0 Å². The molecule has 0 saturated heterocycles. The molecule has 2 N–H and O–H groups in total. The maximum atomic E-state index is 8.69. The molecule has 1 aromatic rings. The van der Waals surface area contributed by atoms with Gasteiger partial charge in [0.25, 0.3) is 0 Å². The number of methoxy groups -OCH3 is 1. The number of rotatable bonds is 8. The predicted octanol–water partition coefficient (Wildman–Crippen LogP) is 2.06. The third-order valence-electron chi connectivity index (χ3n) is 2.49. The lowest BCUT2D eigenvalue weighted by molar-refractivity contribution is 0.202. The van der Waals surface area contributed by atoms with Crippen LogP contribution in [0.25, 0.3) is 0 Å². The van der Waals surface area contributed by atoms with Gasteiger partial charge in [-0.3, -0.25) is 0 Å². The van der Waals surface area contributed by atoms with Gasteiger partial charge in [-0.05, 0) is 30.9 Å². The summed E-state index contributed by atoms with van der Waals surface area (Å²) < 4.78 is 5.08. The molecule has 0 heterocycles. The number of nitrogens with one attached hydrogen (secondary N) is 1. The Morgan fingerprint density at radius 1 is 1.25 bits per heavy atom. The second-order valence-electron chi connectivity index (χ2n) is 3.76. The molecule has 0 aromatic heterocycles. The minimum atomic E-state index is 0.271. The van der Waals surface area contributed by atoms with Crippen LogP contribution >= 0.6 is 0 Å². The number of unbranched alkanes of at least 4 members (excludes halogenated alkanes) is 1. The lowest BCUT2D eigenvalue weighted by Crippen LogP contribution is -2.06.